The van der Waals surface area contributed by atoms with Crippen molar-refractivity contribution < 1.29 is 9.52 Å². The third kappa shape index (κ3) is 4.37. The normalized spacial score (nSPS) is 15.3. The van der Waals surface area contributed by atoms with Gasteiger partial charge in [0, 0.05) is 6.42 Å². The quantitative estimate of drug-likeness (QED) is 0.748. The van der Waals surface area contributed by atoms with Crippen LogP contribution >= 0.6 is 0 Å². The molecule has 0 aliphatic carbocycles. The van der Waals surface area contributed by atoms with Crippen molar-refractivity contribution in [3.05, 3.63) is 24.2 Å². The van der Waals surface area contributed by atoms with Gasteiger partial charge in [0.1, 0.15) is 5.76 Å². The number of hydrogen-bond donors (Lipinski definition) is 2. The molecule has 3 N–H and O–H groups in total. The van der Waals surface area contributed by atoms with Crippen LogP contribution < -0.4 is 5.73 Å². The summed E-state index contributed by atoms with van der Waals surface area (Å²) in [5, 5.41) is 10.0. The largest absolute Gasteiger partial charge is 0.469 e. The molecule has 3 heteroatoms. The fourth-order valence-corrected chi connectivity index (χ4v) is 2.00. The van der Waals surface area contributed by atoms with Gasteiger partial charge in [0.05, 0.1) is 12.4 Å². The van der Waals surface area contributed by atoms with E-state index in [1.807, 2.05) is 12.1 Å². The van der Waals surface area contributed by atoms with E-state index in [-0.39, 0.29) is 12.0 Å². The number of aliphatic hydroxyl groups excluding tert-OH is 1. The van der Waals surface area contributed by atoms with Crippen molar-refractivity contribution in [2.24, 2.45) is 17.6 Å². The molecule has 0 radical (unpaired) electrons. The number of nitrogens with two attached hydrogens (primary N) is 1. The van der Waals surface area contributed by atoms with Gasteiger partial charge in [-0.05, 0) is 43.4 Å². The van der Waals surface area contributed by atoms with Crippen molar-refractivity contribution in [1.29, 1.82) is 0 Å². The molecule has 0 saturated carbocycles. The zero-order valence-electron chi connectivity index (χ0n) is 10.2. The Kier molecular flexibility index (Phi) is 5.56. The molecule has 1 aromatic heterocycles. The molecule has 0 fully saturated rings. The van der Waals surface area contributed by atoms with E-state index in [2.05, 4.69) is 13.8 Å². The molecule has 2 atom stereocenters. The molecule has 0 aliphatic heterocycles. The van der Waals surface area contributed by atoms with Crippen LogP contribution in [0.25, 0.3) is 0 Å². The summed E-state index contributed by atoms with van der Waals surface area (Å²) in [4.78, 5) is 0. The van der Waals surface area contributed by atoms with Gasteiger partial charge >= 0.3 is 0 Å². The molecular weight excluding hydrogens is 202 g/mol. The topological polar surface area (TPSA) is 59.4 Å². The maximum atomic E-state index is 10.0. The Morgan fingerprint density at radius 3 is 2.69 bits per heavy atom. The van der Waals surface area contributed by atoms with E-state index in [9.17, 15) is 5.11 Å². The van der Waals surface area contributed by atoms with Crippen LogP contribution in [0.15, 0.2) is 22.8 Å². The van der Waals surface area contributed by atoms with Crippen LogP contribution in [-0.2, 0) is 6.42 Å². The van der Waals surface area contributed by atoms with Crippen molar-refractivity contribution in [3.8, 4) is 0 Å². The first-order chi connectivity index (χ1) is 7.63. The average Bonchev–Trinajstić information content (AvgIpc) is 2.75. The zero-order chi connectivity index (χ0) is 12.0. The van der Waals surface area contributed by atoms with Gasteiger partial charge < -0.3 is 15.3 Å². The fraction of sp³-hybridized carbons (Fsp3) is 0.692. The molecule has 1 heterocycles. The van der Waals surface area contributed by atoms with E-state index in [0.29, 0.717) is 12.5 Å². The monoisotopic (exact) mass is 225 g/mol. The van der Waals surface area contributed by atoms with Gasteiger partial charge in [-0.15, -0.1) is 0 Å². The fourth-order valence-electron chi connectivity index (χ4n) is 2.00. The van der Waals surface area contributed by atoms with Crippen LogP contribution in [0.5, 0.6) is 0 Å². The molecule has 0 bridgehead atoms. The van der Waals surface area contributed by atoms with Crippen molar-refractivity contribution in [1.82, 2.24) is 0 Å². The Balaban J connectivity index is 2.34. The third-order valence-electron chi connectivity index (χ3n) is 2.89. The smallest absolute Gasteiger partial charge is 0.103 e. The highest BCUT2D eigenvalue weighted by Crippen LogP contribution is 2.18. The highest BCUT2D eigenvalue weighted by Gasteiger charge is 2.19. The van der Waals surface area contributed by atoms with Crippen molar-refractivity contribution in [2.75, 3.05) is 6.54 Å². The van der Waals surface area contributed by atoms with Gasteiger partial charge in [0.15, 0.2) is 0 Å². The van der Waals surface area contributed by atoms with Crippen LogP contribution in [-0.4, -0.2) is 17.8 Å². The Morgan fingerprint density at radius 1 is 1.44 bits per heavy atom. The molecule has 0 aromatic carbocycles. The Bertz CT molecular complexity index is 269. The molecule has 0 aliphatic rings. The average molecular weight is 225 g/mol. The van der Waals surface area contributed by atoms with E-state index in [1.165, 1.54) is 0 Å². The molecular formula is C13H23NO2. The number of furan rings is 1. The van der Waals surface area contributed by atoms with Gasteiger partial charge in [-0.1, -0.05) is 13.8 Å². The number of hydrogen-bond acceptors (Lipinski definition) is 3. The minimum Gasteiger partial charge on any atom is -0.469 e. The number of aryl methyl sites for hydroxylation is 1. The Labute approximate surface area is 97.6 Å². The lowest BCUT2D eigenvalue weighted by molar-refractivity contribution is 0.0898. The highest BCUT2D eigenvalue weighted by molar-refractivity contribution is 4.98. The summed E-state index contributed by atoms with van der Waals surface area (Å²) in [6.07, 6.45) is 3.83. The van der Waals surface area contributed by atoms with Crippen LogP contribution in [0.4, 0.5) is 0 Å². The molecule has 0 amide bonds. The van der Waals surface area contributed by atoms with E-state index in [0.717, 1.165) is 25.0 Å². The second-order valence-electron chi connectivity index (χ2n) is 4.81. The standard InChI is InChI=1S/C13H23NO2/c1-10(2)8-11(9-14)13(15)6-5-12-4-3-7-16-12/h3-4,7,10-11,13,15H,5-6,8-9,14H2,1-2H3. The van der Waals surface area contributed by atoms with E-state index >= 15 is 0 Å². The van der Waals surface area contributed by atoms with E-state index < -0.39 is 0 Å². The molecule has 16 heavy (non-hydrogen) atoms. The highest BCUT2D eigenvalue weighted by atomic mass is 16.3. The second kappa shape index (κ2) is 6.71. The van der Waals surface area contributed by atoms with Gasteiger partial charge in [0.2, 0.25) is 0 Å². The summed E-state index contributed by atoms with van der Waals surface area (Å²) >= 11 is 0. The van der Waals surface area contributed by atoms with Gasteiger partial charge in [-0.3, -0.25) is 0 Å². The molecule has 92 valence electrons. The van der Waals surface area contributed by atoms with Crippen LogP contribution in [0.2, 0.25) is 0 Å². The first kappa shape index (κ1) is 13.3. The van der Waals surface area contributed by atoms with Crippen molar-refractivity contribution in [3.63, 3.8) is 0 Å². The lowest BCUT2D eigenvalue weighted by Crippen LogP contribution is -2.29. The summed E-state index contributed by atoms with van der Waals surface area (Å²) < 4.78 is 5.24. The van der Waals surface area contributed by atoms with Crippen LogP contribution in [0.1, 0.15) is 32.4 Å². The first-order valence-electron chi connectivity index (χ1n) is 6.04. The molecule has 0 spiro atoms. The molecule has 3 nitrogen and oxygen atoms in total. The van der Waals surface area contributed by atoms with Crippen LogP contribution in [0, 0.1) is 11.8 Å². The zero-order valence-corrected chi connectivity index (χ0v) is 10.2. The SMILES string of the molecule is CC(C)CC(CN)C(O)CCc1ccco1. The maximum absolute atomic E-state index is 10.0. The second-order valence-corrected chi connectivity index (χ2v) is 4.81. The van der Waals surface area contributed by atoms with E-state index in [1.54, 1.807) is 6.26 Å². The minimum atomic E-state index is -0.322. The first-order valence-corrected chi connectivity index (χ1v) is 6.04. The summed E-state index contributed by atoms with van der Waals surface area (Å²) in [5.74, 6) is 1.71. The van der Waals surface area contributed by atoms with Gasteiger partial charge in [-0.2, -0.15) is 0 Å². The molecule has 1 rings (SSSR count). The Hall–Kier alpha value is -0.800. The van der Waals surface area contributed by atoms with Gasteiger partial charge in [-0.25, -0.2) is 0 Å². The van der Waals surface area contributed by atoms with Crippen LogP contribution in [0.3, 0.4) is 0 Å². The summed E-state index contributed by atoms with van der Waals surface area (Å²) in [5.41, 5.74) is 5.69. The number of rotatable bonds is 7. The molecule has 1 aromatic rings. The summed E-state index contributed by atoms with van der Waals surface area (Å²) in [6.45, 7) is 4.86. The van der Waals surface area contributed by atoms with E-state index in [4.69, 9.17) is 10.2 Å². The van der Waals surface area contributed by atoms with Crippen molar-refractivity contribution in [2.45, 2.75) is 39.2 Å². The number of aliphatic hydroxyl groups is 1. The third-order valence-corrected chi connectivity index (χ3v) is 2.89. The molecule has 2 unspecified atom stereocenters. The lowest BCUT2D eigenvalue weighted by atomic mass is 9.90. The lowest BCUT2D eigenvalue weighted by Gasteiger charge is -2.22. The summed E-state index contributed by atoms with van der Waals surface area (Å²) in [6, 6.07) is 3.81. The summed E-state index contributed by atoms with van der Waals surface area (Å²) in [7, 11) is 0. The minimum absolute atomic E-state index is 0.204. The molecule has 0 saturated heterocycles. The predicted octanol–water partition coefficient (Wildman–Crippen LogP) is 2.19. The van der Waals surface area contributed by atoms with Gasteiger partial charge in [0.25, 0.3) is 0 Å². The maximum Gasteiger partial charge on any atom is 0.103 e. The predicted molar refractivity (Wildman–Crippen MR) is 65.0 cm³/mol. The Morgan fingerprint density at radius 2 is 2.19 bits per heavy atom. The van der Waals surface area contributed by atoms with Crippen molar-refractivity contribution >= 4 is 0 Å².